The number of benzene rings is 3. The molecule has 1 fully saturated rings. The van der Waals surface area contributed by atoms with Crippen LogP contribution < -0.4 is 9.62 Å². The van der Waals surface area contributed by atoms with Crippen molar-refractivity contribution >= 4 is 59.4 Å². The molecule has 1 saturated carbocycles. The van der Waals surface area contributed by atoms with Gasteiger partial charge in [-0.1, -0.05) is 87.5 Å². The first-order valence-electron chi connectivity index (χ1n) is 13.3. The zero-order valence-electron chi connectivity index (χ0n) is 22.3. The number of hydrogen-bond donors (Lipinski definition) is 1. The predicted octanol–water partition coefficient (Wildman–Crippen LogP) is 6.27. The van der Waals surface area contributed by atoms with Gasteiger partial charge in [0.2, 0.25) is 11.8 Å². The first-order valence-corrected chi connectivity index (χ1v) is 16.4. The van der Waals surface area contributed by atoms with Gasteiger partial charge in [0.15, 0.2) is 0 Å². The number of carbonyl (C=O) groups is 2. The molecular formula is C30H33Br2N3O4S. The molecule has 1 aliphatic carbocycles. The van der Waals surface area contributed by atoms with Crippen molar-refractivity contribution in [3.63, 3.8) is 0 Å². The maximum atomic E-state index is 14.0. The van der Waals surface area contributed by atoms with Gasteiger partial charge in [0.1, 0.15) is 12.6 Å². The molecule has 0 radical (unpaired) electrons. The van der Waals surface area contributed by atoms with E-state index >= 15 is 0 Å². The van der Waals surface area contributed by atoms with Crippen molar-refractivity contribution in [2.24, 2.45) is 0 Å². The molecule has 1 unspecified atom stereocenters. The van der Waals surface area contributed by atoms with Crippen LogP contribution in [0.3, 0.4) is 0 Å². The van der Waals surface area contributed by atoms with E-state index in [9.17, 15) is 18.0 Å². The van der Waals surface area contributed by atoms with Gasteiger partial charge < -0.3 is 10.2 Å². The fourth-order valence-corrected chi connectivity index (χ4v) is 7.12. The van der Waals surface area contributed by atoms with Crippen molar-refractivity contribution in [2.75, 3.05) is 10.8 Å². The molecule has 40 heavy (non-hydrogen) atoms. The van der Waals surface area contributed by atoms with E-state index < -0.39 is 28.5 Å². The molecule has 0 aromatic heterocycles. The van der Waals surface area contributed by atoms with Gasteiger partial charge in [0, 0.05) is 21.5 Å². The highest BCUT2D eigenvalue weighted by atomic mass is 79.9. The molecule has 3 aromatic carbocycles. The fraction of sp³-hybridized carbons (Fsp3) is 0.333. The van der Waals surface area contributed by atoms with Crippen LogP contribution in [0.5, 0.6) is 0 Å². The highest BCUT2D eigenvalue weighted by Crippen LogP contribution is 2.27. The van der Waals surface area contributed by atoms with Crippen LogP contribution in [0.25, 0.3) is 0 Å². The summed E-state index contributed by atoms with van der Waals surface area (Å²) in [6, 6.07) is 21.6. The Labute approximate surface area is 253 Å². The van der Waals surface area contributed by atoms with Crippen molar-refractivity contribution in [1.29, 1.82) is 0 Å². The van der Waals surface area contributed by atoms with Crippen LogP contribution in [0, 0.1) is 0 Å². The monoisotopic (exact) mass is 689 g/mol. The van der Waals surface area contributed by atoms with Gasteiger partial charge in [-0.15, -0.1) is 0 Å². The summed E-state index contributed by atoms with van der Waals surface area (Å²) in [6.07, 6.45) is 5.14. The Balaban J connectivity index is 1.67. The number of anilines is 1. The zero-order valence-corrected chi connectivity index (χ0v) is 26.3. The number of nitrogens with one attached hydrogen (secondary N) is 1. The van der Waals surface area contributed by atoms with Crippen LogP contribution in [-0.4, -0.2) is 43.8 Å². The highest BCUT2D eigenvalue weighted by Gasteiger charge is 2.33. The quantitative estimate of drug-likeness (QED) is 0.272. The second kappa shape index (κ2) is 13.8. The van der Waals surface area contributed by atoms with Crippen LogP contribution in [0.15, 0.2) is 92.7 Å². The van der Waals surface area contributed by atoms with Gasteiger partial charge in [-0.2, -0.15) is 0 Å². The molecule has 1 N–H and O–H groups in total. The predicted molar refractivity (Wildman–Crippen MR) is 164 cm³/mol. The van der Waals surface area contributed by atoms with E-state index in [1.54, 1.807) is 49.4 Å². The summed E-state index contributed by atoms with van der Waals surface area (Å²) >= 11 is 6.89. The summed E-state index contributed by atoms with van der Waals surface area (Å²) in [5, 5.41) is 3.12. The van der Waals surface area contributed by atoms with Crippen molar-refractivity contribution < 1.29 is 18.0 Å². The largest absolute Gasteiger partial charge is 0.352 e. The number of halogens is 2. The maximum absolute atomic E-state index is 14.0. The van der Waals surface area contributed by atoms with Crippen molar-refractivity contribution in [1.82, 2.24) is 10.2 Å². The lowest BCUT2D eigenvalue weighted by Gasteiger charge is -2.33. The molecule has 10 heteroatoms. The molecule has 0 bridgehead atoms. The summed E-state index contributed by atoms with van der Waals surface area (Å²) in [6.45, 7) is 1.38. The molecule has 2 amide bonds. The molecule has 1 aliphatic rings. The van der Waals surface area contributed by atoms with Gasteiger partial charge >= 0.3 is 0 Å². The number of nitrogens with zero attached hydrogens (tertiary/aromatic N) is 2. The number of amides is 2. The minimum atomic E-state index is -4.09. The third-order valence-electron chi connectivity index (χ3n) is 7.07. The summed E-state index contributed by atoms with van der Waals surface area (Å²) in [4.78, 5) is 29.0. The number of sulfonamides is 1. The highest BCUT2D eigenvalue weighted by molar-refractivity contribution is 9.10. The molecule has 0 aliphatic heterocycles. The summed E-state index contributed by atoms with van der Waals surface area (Å²) in [7, 11) is -4.09. The van der Waals surface area contributed by atoms with Gasteiger partial charge in [-0.3, -0.25) is 13.9 Å². The molecule has 0 heterocycles. The van der Waals surface area contributed by atoms with Crippen LogP contribution in [-0.2, 0) is 26.2 Å². The first kappa shape index (κ1) is 30.3. The fourth-order valence-electron chi connectivity index (χ4n) is 4.86. The van der Waals surface area contributed by atoms with Crippen LogP contribution in [0.1, 0.15) is 44.6 Å². The SMILES string of the molecule is CC(C(=O)NC1CCCCC1)N(Cc1cccc(Br)c1)C(=O)CN(c1cccc(Br)c1)S(=O)(=O)c1ccccc1. The van der Waals surface area contributed by atoms with E-state index in [1.807, 2.05) is 24.3 Å². The molecule has 0 saturated heterocycles. The standard InChI is InChI=1S/C30H33Br2N3O4S/c1-22(30(37)33-26-13-4-2-5-14-26)34(20-23-10-8-11-24(31)18-23)29(36)21-35(27-15-9-12-25(32)19-27)40(38,39)28-16-6-3-7-17-28/h3,6-12,15-19,22,26H,2,4-5,13-14,20-21H2,1H3,(H,33,37). The lowest BCUT2D eigenvalue weighted by molar-refractivity contribution is -0.139. The van der Waals surface area contributed by atoms with Gasteiger partial charge in [-0.25, -0.2) is 8.42 Å². The minimum Gasteiger partial charge on any atom is -0.352 e. The molecule has 7 nitrogen and oxygen atoms in total. The van der Waals surface area contributed by atoms with Crippen LogP contribution in [0.2, 0.25) is 0 Å². The van der Waals surface area contributed by atoms with E-state index in [4.69, 9.17) is 0 Å². The summed E-state index contributed by atoms with van der Waals surface area (Å²) in [5.74, 6) is -0.721. The van der Waals surface area contributed by atoms with Crippen LogP contribution in [0.4, 0.5) is 5.69 Å². The Morgan fingerprint density at radius 2 is 1.55 bits per heavy atom. The summed E-state index contributed by atoms with van der Waals surface area (Å²) < 4.78 is 30.3. The molecule has 212 valence electrons. The van der Waals surface area contributed by atoms with Crippen molar-refractivity contribution in [3.05, 3.63) is 93.4 Å². The average Bonchev–Trinajstić information content (AvgIpc) is 2.95. The van der Waals surface area contributed by atoms with Gasteiger partial charge in [0.05, 0.1) is 10.6 Å². The number of carbonyl (C=O) groups excluding carboxylic acids is 2. The van der Waals surface area contributed by atoms with E-state index in [1.165, 1.54) is 17.0 Å². The Hall–Kier alpha value is -2.69. The van der Waals surface area contributed by atoms with E-state index in [0.29, 0.717) is 10.2 Å². The second-order valence-corrected chi connectivity index (χ2v) is 13.7. The molecular weight excluding hydrogens is 658 g/mol. The molecule has 3 aromatic rings. The average molecular weight is 691 g/mol. The molecule has 4 rings (SSSR count). The lowest BCUT2D eigenvalue weighted by atomic mass is 9.95. The van der Waals surface area contributed by atoms with Gasteiger partial charge in [-0.05, 0) is 67.8 Å². The third kappa shape index (κ3) is 7.73. The first-order chi connectivity index (χ1) is 19.1. The van der Waals surface area contributed by atoms with E-state index in [0.717, 1.165) is 46.4 Å². The number of rotatable bonds is 10. The minimum absolute atomic E-state index is 0.0735. The second-order valence-electron chi connectivity index (χ2n) is 9.98. The Morgan fingerprint density at radius 1 is 0.900 bits per heavy atom. The summed E-state index contributed by atoms with van der Waals surface area (Å²) in [5.41, 5.74) is 1.16. The smallest absolute Gasteiger partial charge is 0.264 e. The molecule has 0 spiro atoms. The van der Waals surface area contributed by atoms with E-state index in [2.05, 4.69) is 37.2 Å². The zero-order chi connectivity index (χ0) is 28.7. The van der Waals surface area contributed by atoms with Crippen molar-refractivity contribution in [3.8, 4) is 0 Å². The number of hydrogen-bond acceptors (Lipinski definition) is 4. The van der Waals surface area contributed by atoms with Gasteiger partial charge in [0.25, 0.3) is 10.0 Å². The molecule has 1 atom stereocenters. The third-order valence-corrected chi connectivity index (χ3v) is 9.84. The van der Waals surface area contributed by atoms with E-state index in [-0.39, 0.29) is 23.4 Å². The van der Waals surface area contributed by atoms with Crippen LogP contribution >= 0.6 is 31.9 Å². The Morgan fingerprint density at radius 3 is 2.20 bits per heavy atom. The lowest BCUT2D eigenvalue weighted by Crippen LogP contribution is -2.53. The maximum Gasteiger partial charge on any atom is 0.264 e. The Kier molecular flexibility index (Phi) is 10.4. The van der Waals surface area contributed by atoms with Crippen molar-refractivity contribution in [2.45, 2.75) is 62.6 Å². The topological polar surface area (TPSA) is 86.8 Å². The normalized spacial score (nSPS) is 14.8. The Bertz CT molecular complexity index is 1430.